The highest BCUT2D eigenvalue weighted by Crippen LogP contribution is 2.32. The predicted molar refractivity (Wildman–Crippen MR) is 99.3 cm³/mol. The fraction of sp³-hybridized carbons (Fsp3) is 0.353. The third-order valence-corrected chi connectivity index (χ3v) is 5.87. The lowest BCUT2D eigenvalue weighted by Gasteiger charge is -2.16. The van der Waals surface area contributed by atoms with Crippen LogP contribution in [-0.4, -0.2) is 64.0 Å². The number of rotatable bonds is 5. The van der Waals surface area contributed by atoms with Crippen LogP contribution in [0.15, 0.2) is 41.7 Å². The van der Waals surface area contributed by atoms with Crippen molar-refractivity contribution in [1.29, 1.82) is 0 Å². The number of ether oxygens (including phenoxy) is 1. The molecular weight excluding hydrogens is 386 g/mol. The van der Waals surface area contributed by atoms with E-state index < -0.39 is 41.9 Å². The highest BCUT2D eigenvalue weighted by Gasteiger charge is 2.44. The number of nitrogens with two attached hydrogens (primary N) is 1. The van der Waals surface area contributed by atoms with Crippen LogP contribution in [0.2, 0.25) is 0 Å². The Morgan fingerprint density at radius 2 is 1.93 bits per heavy atom. The van der Waals surface area contributed by atoms with Gasteiger partial charge in [-0.25, -0.2) is 9.97 Å². The van der Waals surface area contributed by atoms with Crippen LogP contribution in [0, 0.1) is 0 Å². The summed E-state index contributed by atoms with van der Waals surface area (Å²) in [5, 5.41) is 29.7. The molecule has 10 nitrogen and oxygen atoms in total. The molecule has 1 aromatic carbocycles. The quantitative estimate of drug-likeness (QED) is 0.404. The molecule has 3 heterocycles. The van der Waals surface area contributed by atoms with Gasteiger partial charge in [-0.15, -0.1) is 0 Å². The van der Waals surface area contributed by atoms with Crippen LogP contribution in [0.4, 0.5) is 5.95 Å². The van der Waals surface area contributed by atoms with Gasteiger partial charge in [-0.3, -0.25) is 8.78 Å². The van der Waals surface area contributed by atoms with E-state index in [0.717, 1.165) is 5.56 Å². The van der Waals surface area contributed by atoms with Crippen molar-refractivity contribution in [3.05, 3.63) is 42.2 Å². The largest absolute Gasteiger partial charge is 0.394 e. The lowest BCUT2D eigenvalue weighted by molar-refractivity contribution is -0.0511. The second kappa shape index (κ2) is 7.53. The zero-order chi connectivity index (χ0) is 19.8. The number of aliphatic hydroxyl groups is 3. The minimum atomic E-state index is -1.53. The van der Waals surface area contributed by atoms with Crippen molar-refractivity contribution in [2.75, 3.05) is 12.3 Å². The van der Waals surface area contributed by atoms with E-state index in [9.17, 15) is 19.5 Å². The molecule has 3 aromatic rings. The summed E-state index contributed by atoms with van der Waals surface area (Å²) in [5.74, 6) is 0.130. The van der Waals surface area contributed by atoms with E-state index in [1.165, 1.54) is 10.9 Å². The van der Waals surface area contributed by atoms with E-state index in [1.807, 2.05) is 30.3 Å². The standard InChI is InChI=1S/C17H19N5O5S/c18-17-20-14-11(15(21-17)28(26)7-9-4-2-1-3-5-9)19-8-22(14)16-13(25)12(24)10(6-23)27-16/h1-5,8,10,12-13,16,23-25H,6-7H2,(H2,18,20,21)/t10-,12-,13-,16-,28?/m1/s1. The molecule has 1 unspecified atom stereocenters. The Labute approximate surface area is 162 Å². The zero-order valence-corrected chi connectivity index (χ0v) is 15.4. The Balaban J connectivity index is 1.72. The second-order valence-electron chi connectivity index (χ2n) is 6.42. The molecule has 1 fully saturated rings. The van der Waals surface area contributed by atoms with Crippen LogP contribution in [0.3, 0.4) is 0 Å². The Morgan fingerprint density at radius 1 is 1.18 bits per heavy atom. The molecule has 4 rings (SSSR count). The van der Waals surface area contributed by atoms with Crippen LogP contribution in [0.1, 0.15) is 11.8 Å². The number of nitrogens with zero attached hydrogens (tertiary/aromatic N) is 4. The molecule has 5 N–H and O–H groups in total. The highest BCUT2D eigenvalue weighted by atomic mass is 32.2. The van der Waals surface area contributed by atoms with Crippen molar-refractivity contribution < 1.29 is 24.3 Å². The third-order valence-electron chi connectivity index (χ3n) is 4.55. The summed E-state index contributed by atoms with van der Waals surface area (Å²) in [6, 6.07) is 9.30. The summed E-state index contributed by atoms with van der Waals surface area (Å²) < 4.78 is 19.8. The maximum absolute atomic E-state index is 12.9. The summed E-state index contributed by atoms with van der Waals surface area (Å²) in [6.45, 7) is -0.454. The van der Waals surface area contributed by atoms with Gasteiger partial charge >= 0.3 is 0 Å². The molecule has 28 heavy (non-hydrogen) atoms. The first-order chi connectivity index (χ1) is 13.5. The Morgan fingerprint density at radius 3 is 2.61 bits per heavy atom. The number of fused-ring (bicyclic) bond motifs is 1. The average molecular weight is 405 g/mol. The zero-order valence-electron chi connectivity index (χ0n) is 14.6. The van der Waals surface area contributed by atoms with Crippen molar-refractivity contribution in [2.45, 2.75) is 35.3 Å². The average Bonchev–Trinajstić information content (AvgIpc) is 3.23. The van der Waals surface area contributed by atoms with E-state index >= 15 is 0 Å². The van der Waals surface area contributed by atoms with Gasteiger partial charge < -0.3 is 25.8 Å². The number of nitrogen functional groups attached to an aromatic ring is 1. The Kier molecular flexibility index (Phi) is 5.08. The minimum absolute atomic E-state index is 0.0996. The second-order valence-corrected chi connectivity index (χ2v) is 7.78. The first-order valence-corrected chi connectivity index (χ1v) is 9.86. The van der Waals surface area contributed by atoms with E-state index in [-0.39, 0.29) is 27.9 Å². The van der Waals surface area contributed by atoms with Gasteiger partial charge in [0.2, 0.25) is 5.95 Å². The van der Waals surface area contributed by atoms with Gasteiger partial charge in [-0.05, 0) is 5.56 Å². The normalized spacial score (nSPS) is 26.0. The number of anilines is 1. The molecule has 0 amide bonds. The van der Waals surface area contributed by atoms with Gasteiger partial charge in [0.1, 0.15) is 23.8 Å². The van der Waals surface area contributed by atoms with Gasteiger partial charge in [0.25, 0.3) is 0 Å². The fourth-order valence-corrected chi connectivity index (χ4v) is 4.34. The summed E-state index contributed by atoms with van der Waals surface area (Å²) >= 11 is 0. The predicted octanol–water partition coefficient (Wildman–Crippen LogP) is -0.672. The van der Waals surface area contributed by atoms with Crippen molar-refractivity contribution in [2.24, 2.45) is 0 Å². The molecule has 2 aromatic heterocycles. The maximum Gasteiger partial charge on any atom is 0.223 e. The smallest absolute Gasteiger partial charge is 0.223 e. The third kappa shape index (κ3) is 3.27. The number of aromatic nitrogens is 4. The molecule has 5 atom stereocenters. The molecule has 148 valence electrons. The van der Waals surface area contributed by atoms with E-state index in [1.54, 1.807) is 0 Å². The summed E-state index contributed by atoms with van der Waals surface area (Å²) in [7, 11) is -1.53. The molecule has 0 saturated carbocycles. The number of imidazole rings is 1. The number of aliphatic hydroxyl groups excluding tert-OH is 3. The lowest BCUT2D eigenvalue weighted by atomic mass is 10.1. The molecule has 1 saturated heterocycles. The molecule has 11 heteroatoms. The van der Waals surface area contributed by atoms with Crippen LogP contribution in [0.25, 0.3) is 11.2 Å². The Bertz CT molecular complexity index is 1010. The van der Waals surface area contributed by atoms with Crippen LogP contribution < -0.4 is 5.73 Å². The van der Waals surface area contributed by atoms with Crippen molar-refractivity contribution >= 4 is 27.9 Å². The topological polar surface area (TPSA) is 157 Å². The van der Waals surface area contributed by atoms with Crippen molar-refractivity contribution in [3.63, 3.8) is 0 Å². The van der Waals surface area contributed by atoms with Gasteiger partial charge in [-0.2, -0.15) is 4.98 Å². The first-order valence-electron chi connectivity index (χ1n) is 8.54. The van der Waals surface area contributed by atoms with Gasteiger partial charge in [-0.1, -0.05) is 30.3 Å². The highest BCUT2D eigenvalue weighted by molar-refractivity contribution is 7.84. The molecule has 1 aliphatic rings. The molecule has 0 bridgehead atoms. The summed E-state index contributed by atoms with van der Waals surface area (Å²) in [6.07, 6.45) is -3.19. The first kappa shape index (κ1) is 18.9. The van der Waals surface area contributed by atoms with Crippen LogP contribution >= 0.6 is 0 Å². The molecule has 0 aliphatic carbocycles. The van der Waals surface area contributed by atoms with E-state index in [2.05, 4.69) is 15.0 Å². The minimum Gasteiger partial charge on any atom is -0.394 e. The van der Waals surface area contributed by atoms with Gasteiger partial charge in [0.15, 0.2) is 16.9 Å². The van der Waals surface area contributed by atoms with Gasteiger partial charge in [0.05, 0.1) is 29.5 Å². The summed E-state index contributed by atoms with van der Waals surface area (Å²) in [5.41, 5.74) is 7.16. The molecule has 0 spiro atoms. The van der Waals surface area contributed by atoms with Crippen molar-refractivity contribution in [3.8, 4) is 0 Å². The molecule has 1 aliphatic heterocycles. The van der Waals surface area contributed by atoms with Crippen molar-refractivity contribution in [1.82, 2.24) is 19.5 Å². The molecular formula is C17H19N5O5S. The monoisotopic (exact) mass is 405 g/mol. The van der Waals surface area contributed by atoms with Crippen LogP contribution in [0.5, 0.6) is 0 Å². The number of benzene rings is 1. The van der Waals surface area contributed by atoms with Gasteiger partial charge in [0, 0.05) is 0 Å². The Hall–Kier alpha value is -2.44. The fourth-order valence-electron chi connectivity index (χ4n) is 3.16. The van der Waals surface area contributed by atoms with E-state index in [4.69, 9.17) is 10.5 Å². The SMILES string of the molecule is Nc1nc(S(=O)Cc2ccccc2)c2ncn([C@@H]3O[C@H](CO)[C@@H](O)[C@H]3O)c2n1. The number of hydrogen-bond acceptors (Lipinski definition) is 9. The number of hydrogen-bond donors (Lipinski definition) is 4. The maximum atomic E-state index is 12.9. The lowest BCUT2D eigenvalue weighted by Crippen LogP contribution is -2.33. The van der Waals surface area contributed by atoms with E-state index in [0.29, 0.717) is 0 Å². The molecule has 0 radical (unpaired) electrons. The summed E-state index contributed by atoms with van der Waals surface area (Å²) in [4.78, 5) is 12.5. The van der Waals surface area contributed by atoms with Crippen LogP contribution in [-0.2, 0) is 21.3 Å².